The second-order valence-electron chi connectivity index (χ2n) is 4.22. The summed E-state index contributed by atoms with van der Waals surface area (Å²) in [5, 5.41) is 8.77. The highest BCUT2D eigenvalue weighted by Gasteiger charge is 2.20. The van der Waals surface area contributed by atoms with Gasteiger partial charge in [0.05, 0.1) is 12.7 Å². The van der Waals surface area contributed by atoms with Gasteiger partial charge in [0.25, 0.3) is 0 Å². The van der Waals surface area contributed by atoms with E-state index in [0.717, 1.165) is 13.0 Å². The van der Waals surface area contributed by atoms with Crippen LogP contribution in [-0.2, 0) is 13.0 Å². The second kappa shape index (κ2) is 4.18. The number of anilines is 1. The smallest absolute Gasteiger partial charge is 0.373 e. The lowest BCUT2D eigenvalue weighted by Crippen LogP contribution is -2.19. The maximum Gasteiger partial charge on any atom is 0.373 e. The Morgan fingerprint density at radius 3 is 3.06 bits per heavy atom. The van der Waals surface area contributed by atoms with Crippen LogP contribution in [0.4, 0.5) is 5.69 Å². The van der Waals surface area contributed by atoms with Gasteiger partial charge in [0.15, 0.2) is 0 Å². The van der Waals surface area contributed by atoms with E-state index in [4.69, 9.17) is 9.52 Å². The molecule has 0 radical (unpaired) electrons. The van der Waals surface area contributed by atoms with Gasteiger partial charge in [0.1, 0.15) is 0 Å². The summed E-state index contributed by atoms with van der Waals surface area (Å²) in [5.41, 5.74) is 2.48. The molecule has 0 saturated carbocycles. The molecule has 3 rings (SSSR count). The van der Waals surface area contributed by atoms with Crippen molar-refractivity contribution in [3.05, 3.63) is 47.7 Å². The van der Waals surface area contributed by atoms with Gasteiger partial charge >= 0.3 is 5.97 Å². The minimum atomic E-state index is -1.09. The summed E-state index contributed by atoms with van der Waals surface area (Å²) in [4.78, 5) is 16.8. The minimum absolute atomic E-state index is 0.113. The zero-order valence-electron chi connectivity index (χ0n) is 9.67. The molecular formula is C13H12N2O3. The number of benzene rings is 1. The summed E-state index contributed by atoms with van der Waals surface area (Å²) in [6.45, 7) is 1.41. The number of para-hydroxylation sites is 1. The Kier molecular flexibility index (Phi) is 2.51. The largest absolute Gasteiger partial charge is 0.475 e. The molecule has 1 aliphatic heterocycles. The molecule has 1 N–H and O–H groups in total. The molecule has 92 valence electrons. The number of hydrogen-bond donors (Lipinski definition) is 1. The average molecular weight is 244 g/mol. The molecule has 0 atom stereocenters. The van der Waals surface area contributed by atoms with Crippen LogP contribution in [0, 0.1) is 0 Å². The zero-order chi connectivity index (χ0) is 12.5. The van der Waals surface area contributed by atoms with Crippen molar-refractivity contribution in [2.75, 3.05) is 11.4 Å². The molecule has 0 aliphatic carbocycles. The average Bonchev–Trinajstić information content (AvgIpc) is 2.98. The van der Waals surface area contributed by atoms with Gasteiger partial charge in [-0.25, -0.2) is 9.78 Å². The van der Waals surface area contributed by atoms with Gasteiger partial charge in [0.2, 0.25) is 11.7 Å². The predicted octanol–water partition coefficient (Wildman–Crippen LogP) is 1.94. The number of aromatic carboxylic acids is 1. The van der Waals surface area contributed by atoms with Gasteiger partial charge in [-0.15, -0.1) is 0 Å². The molecule has 0 bridgehead atoms. The van der Waals surface area contributed by atoms with E-state index >= 15 is 0 Å². The number of rotatable bonds is 3. The Morgan fingerprint density at radius 1 is 1.44 bits per heavy atom. The topological polar surface area (TPSA) is 66.6 Å². The van der Waals surface area contributed by atoms with E-state index in [2.05, 4.69) is 22.0 Å². The van der Waals surface area contributed by atoms with Crippen molar-refractivity contribution in [1.29, 1.82) is 0 Å². The van der Waals surface area contributed by atoms with Crippen molar-refractivity contribution < 1.29 is 14.3 Å². The van der Waals surface area contributed by atoms with Crippen LogP contribution in [0.3, 0.4) is 0 Å². The van der Waals surface area contributed by atoms with Crippen molar-refractivity contribution in [1.82, 2.24) is 4.98 Å². The maximum absolute atomic E-state index is 10.7. The fourth-order valence-corrected chi connectivity index (χ4v) is 2.22. The van der Waals surface area contributed by atoms with Crippen molar-refractivity contribution in [2.45, 2.75) is 13.0 Å². The van der Waals surface area contributed by atoms with Crippen molar-refractivity contribution in [3.63, 3.8) is 0 Å². The van der Waals surface area contributed by atoms with Crippen LogP contribution in [0.5, 0.6) is 0 Å². The summed E-state index contributed by atoms with van der Waals surface area (Å²) in [6, 6.07) is 8.18. The fraction of sp³-hybridized carbons (Fsp3) is 0.231. The Morgan fingerprint density at radius 2 is 2.28 bits per heavy atom. The van der Waals surface area contributed by atoms with Crippen LogP contribution >= 0.6 is 0 Å². The van der Waals surface area contributed by atoms with Gasteiger partial charge in [-0.1, -0.05) is 18.2 Å². The molecule has 0 saturated heterocycles. The van der Waals surface area contributed by atoms with Gasteiger partial charge < -0.3 is 14.4 Å². The van der Waals surface area contributed by atoms with E-state index in [-0.39, 0.29) is 5.76 Å². The van der Waals surface area contributed by atoms with Crippen LogP contribution in [0.1, 0.15) is 22.0 Å². The van der Waals surface area contributed by atoms with Gasteiger partial charge in [-0.2, -0.15) is 0 Å². The second-order valence-corrected chi connectivity index (χ2v) is 4.22. The standard InChI is InChI=1S/C13H12N2O3/c16-13(17)11-7-14-12(18-11)8-15-6-5-9-3-1-2-4-10(9)15/h1-4,7H,5-6,8H2,(H,16,17). The molecule has 0 fully saturated rings. The number of carboxylic acid groups (broad SMARTS) is 1. The van der Waals surface area contributed by atoms with Crippen LogP contribution in [-0.4, -0.2) is 22.6 Å². The third kappa shape index (κ3) is 1.84. The molecule has 2 aromatic rings. The van der Waals surface area contributed by atoms with E-state index in [0.29, 0.717) is 12.4 Å². The molecule has 18 heavy (non-hydrogen) atoms. The molecule has 1 aromatic carbocycles. The van der Waals surface area contributed by atoms with Gasteiger partial charge in [0, 0.05) is 12.2 Å². The highest BCUT2D eigenvalue weighted by molar-refractivity contribution is 5.83. The number of nitrogens with zero attached hydrogens (tertiary/aromatic N) is 2. The van der Waals surface area contributed by atoms with Crippen molar-refractivity contribution in [3.8, 4) is 0 Å². The first-order valence-electron chi connectivity index (χ1n) is 5.75. The summed E-state index contributed by atoms with van der Waals surface area (Å²) in [5.74, 6) is -0.767. The fourth-order valence-electron chi connectivity index (χ4n) is 2.22. The number of oxazole rings is 1. The maximum atomic E-state index is 10.7. The van der Waals surface area contributed by atoms with Crippen molar-refractivity contribution >= 4 is 11.7 Å². The molecular weight excluding hydrogens is 232 g/mol. The predicted molar refractivity (Wildman–Crippen MR) is 64.7 cm³/mol. The Hall–Kier alpha value is -2.30. The lowest BCUT2D eigenvalue weighted by Gasteiger charge is -2.16. The monoisotopic (exact) mass is 244 g/mol. The molecule has 5 heteroatoms. The molecule has 0 unspecified atom stereocenters. The van der Waals surface area contributed by atoms with E-state index in [1.54, 1.807) is 0 Å². The number of aromatic nitrogens is 1. The lowest BCUT2D eigenvalue weighted by atomic mass is 10.2. The van der Waals surface area contributed by atoms with E-state index in [1.807, 2.05) is 12.1 Å². The highest BCUT2D eigenvalue weighted by Crippen LogP contribution is 2.28. The number of hydrogen-bond acceptors (Lipinski definition) is 4. The van der Waals surface area contributed by atoms with Crippen LogP contribution in [0.15, 0.2) is 34.9 Å². The van der Waals surface area contributed by atoms with Gasteiger partial charge in [-0.05, 0) is 18.1 Å². The van der Waals surface area contributed by atoms with Crippen LogP contribution < -0.4 is 4.90 Å². The van der Waals surface area contributed by atoms with E-state index in [9.17, 15) is 4.79 Å². The zero-order valence-corrected chi connectivity index (χ0v) is 9.67. The molecule has 2 heterocycles. The van der Waals surface area contributed by atoms with Crippen LogP contribution in [0.25, 0.3) is 0 Å². The highest BCUT2D eigenvalue weighted by atomic mass is 16.4. The van der Waals surface area contributed by atoms with Crippen LogP contribution in [0.2, 0.25) is 0 Å². The molecule has 0 spiro atoms. The normalized spacial score (nSPS) is 13.7. The van der Waals surface area contributed by atoms with E-state index < -0.39 is 5.97 Å². The Bertz CT molecular complexity index is 591. The minimum Gasteiger partial charge on any atom is -0.475 e. The first-order chi connectivity index (χ1) is 8.74. The summed E-state index contributed by atoms with van der Waals surface area (Å²) in [6.07, 6.45) is 2.25. The molecule has 1 aromatic heterocycles. The third-order valence-electron chi connectivity index (χ3n) is 3.07. The third-order valence-corrected chi connectivity index (χ3v) is 3.07. The quantitative estimate of drug-likeness (QED) is 0.893. The molecule has 5 nitrogen and oxygen atoms in total. The number of carboxylic acids is 1. The summed E-state index contributed by atoms with van der Waals surface area (Å²) >= 11 is 0. The molecule has 0 amide bonds. The first-order valence-corrected chi connectivity index (χ1v) is 5.75. The number of fused-ring (bicyclic) bond motifs is 1. The number of carbonyl (C=O) groups is 1. The lowest BCUT2D eigenvalue weighted by molar-refractivity contribution is 0.0660. The Balaban J connectivity index is 1.80. The first kappa shape index (κ1) is 10.8. The van der Waals surface area contributed by atoms with E-state index in [1.165, 1.54) is 17.4 Å². The van der Waals surface area contributed by atoms with Gasteiger partial charge in [-0.3, -0.25) is 0 Å². The van der Waals surface area contributed by atoms with Crippen molar-refractivity contribution in [2.24, 2.45) is 0 Å². The summed E-state index contributed by atoms with van der Waals surface area (Å²) in [7, 11) is 0. The molecule has 1 aliphatic rings. The summed E-state index contributed by atoms with van der Waals surface area (Å²) < 4.78 is 5.17. The SMILES string of the molecule is O=C(O)c1cnc(CN2CCc3ccccc32)o1. The Labute approximate surface area is 104 Å².